The van der Waals surface area contributed by atoms with Crippen LogP contribution >= 0.6 is 0 Å². The van der Waals surface area contributed by atoms with E-state index in [1.54, 1.807) is 0 Å². The summed E-state index contributed by atoms with van der Waals surface area (Å²) in [5.74, 6) is 1.95. The van der Waals surface area contributed by atoms with E-state index in [1.165, 1.54) is 64.3 Å². The number of hydrogen-bond acceptors (Lipinski definition) is 2. The summed E-state index contributed by atoms with van der Waals surface area (Å²) < 4.78 is 0. The first-order valence-corrected chi connectivity index (χ1v) is 8.23. The first-order valence-electron chi connectivity index (χ1n) is 8.23. The fourth-order valence-corrected chi connectivity index (χ4v) is 4.84. The zero-order chi connectivity index (χ0) is 12.5. The third-order valence-electron chi connectivity index (χ3n) is 5.68. The third kappa shape index (κ3) is 2.75. The lowest BCUT2D eigenvalue weighted by molar-refractivity contribution is 0.0111. The van der Waals surface area contributed by atoms with Gasteiger partial charge in [0.2, 0.25) is 0 Å². The highest BCUT2D eigenvalue weighted by atomic mass is 15.2. The van der Waals surface area contributed by atoms with E-state index in [0.717, 1.165) is 23.9 Å². The van der Waals surface area contributed by atoms with Crippen LogP contribution in [-0.2, 0) is 0 Å². The van der Waals surface area contributed by atoms with Crippen LogP contribution in [0.2, 0.25) is 0 Å². The van der Waals surface area contributed by atoms with Crippen LogP contribution in [0.4, 0.5) is 0 Å². The Morgan fingerprint density at radius 3 is 2.28 bits per heavy atom. The molecule has 2 heterocycles. The molecule has 1 saturated carbocycles. The highest BCUT2D eigenvalue weighted by Gasteiger charge is 2.38. The molecule has 2 aliphatic heterocycles. The molecule has 0 aromatic rings. The summed E-state index contributed by atoms with van der Waals surface area (Å²) in [6.07, 6.45) is 12.7. The van der Waals surface area contributed by atoms with Gasteiger partial charge in [-0.05, 0) is 50.4 Å². The van der Waals surface area contributed by atoms with Gasteiger partial charge in [-0.3, -0.25) is 4.90 Å². The summed E-state index contributed by atoms with van der Waals surface area (Å²) >= 11 is 0. The molecule has 0 aromatic carbocycles. The second-order valence-electron chi connectivity index (χ2n) is 7.30. The minimum absolute atomic E-state index is 0.488. The molecule has 2 heteroatoms. The Morgan fingerprint density at radius 1 is 0.944 bits per heavy atom. The van der Waals surface area contributed by atoms with Gasteiger partial charge in [-0.15, -0.1) is 0 Å². The average molecular weight is 250 g/mol. The summed E-state index contributed by atoms with van der Waals surface area (Å²) in [6, 6.07) is 2.14. The molecule has 2 bridgehead atoms. The lowest BCUT2D eigenvalue weighted by Gasteiger charge is -2.50. The average Bonchev–Trinajstić information content (AvgIpc) is 2.30. The Balaban J connectivity index is 1.61. The normalized spacial score (nSPS) is 46.0. The first-order chi connectivity index (χ1) is 8.72. The third-order valence-corrected chi connectivity index (χ3v) is 5.68. The Kier molecular flexibility index (Phi) is 3.95. The molecule has 0 amide bonds. The quantitative estimate of drug-likeness (QED) is 0.815. The Bertz CT molecular complexity index is 264. The number of nitrogens with zero attached hydrogens (tertiary/aromatic N) is 1. The number of nitrogens with two attached hydrogens (primary N) is 1. The molecule has 2 N–H and O–H groups in total. The van der Waals surface area contributed by atoms with Crippen molar-refractivity contribution in [1.82, 2.24) is 4.90 Å². The summed E-state index contributed by atoms with van der Waals surface area (Å²) in [5, 5.41) is 0. The van der Waals surface area contributed by atoms with Crippen molar-refractivity contribution >= 4 is 0 Å². The molecular formula is C16H30N2. The smallest absolute Gasteiger partial charge is 0.0113 e. The van der Waals surface area contributed by atoms with Crippen molar-refractivity contribution in [3.05, 3.63) is 0 Å². The summed E-state index contributed by atoms with van der Waals surface area (Å²) in [5.41, 5.74) is 6.22. The second-order valence-corrected chi connectivity index (χ2v) is 7.30. The molecule has 4 unspecified atom stereocenters. The molecular weight excluding hydrogens is 220 g/mol. The van der Waals surface area contributed by atoms with Crippen LogP contribution in [0.1, 0.15) is 64.7 Å². The van der Waals surface area contributed by atoms with E-state index < -0.39 is 0 Å². The predicted octanol–water partition coefficient (Wildman–Crippen LogP) is 3.16. The van der Waals surface area contributed by atoms with Gasteiger partial charge in [0.25, 0.3) is 0 Å². The molecule has 3 aliphatic rings. The maximum absolute atomic E-state index is 6.22. The van der Waals surface area contributed by atoms with Crippen LogP contribution in [0.15, 0.2) is 0 Å². The van der Waals surface area contributed by atoms with Gasteiger partial charge in [0.05, 0.1) is 0 Å². The van der Waals surface area contributed by atoms with Gasteiger partial charge < -0.3 is 5.73 Å². The largest absolute Gasteiger partial charge is 0.328 e. The van der Waals surface area contributed by atoms with Crippen molar-refractivity contribution in [3.8, 4) is 0 Å². The molecule has 0 aromatic heterocycles. The Morgan fingerprint density at radius 2 is 1.61 bits per heavy atom. The van der Waals surface area contributed by atoms with Gasteiger partial charge in [0, 0.05) is 24.7 Å². The van der Waals surface area contributed by atoms with Gasteiger partial charge in [0.15, 0.2) is 0 Å². The number of rotatable bonds is 2. The Labute approximate surface area is 112 Å². The molecule has 0 spiro atoms. The summed E-state index contributed by atoms with van der Waals surface area (Å²) in [4.78, 5) is 2.87. The molecule has 18 heavy (non-hydrogen) atoms. The van der Waals surface area contributed by atoms with Crippen molar-refractivity contribution in [2.24, 2.45) is 17.6 Å². The van der Waals surface area contributed by atoms with Crippen molar-refractivity contribution < 1.29 is 0 Å². The second kappa shape index (κ2) is 5.50. The van der Waals surface area contributed by atoms with E-state index in [4.69, 9.17) is 5.73 Å². The first kappa shape index (κ1) is 12.9. The zero-order valence-corrected chi connectivity index (χ0v) is 12.0. The molecule has 2 nitrogen and oxygen atoms in total. The van der Waals surface area contributed by atoms with Crippen molar-refractivity contribution in [2.75, 3.05) is 6.54 Å². The SMILES string of the molecule is CC1CCCC(CN2C3CCCC2CC(N)C3)C1. The van der Waals surface area contributed by atoms with Gasteiger partial charge in [0.1, 0.15) is 0 Å². The van der Waals surface area contributed by atoms with Crippen LogP contribution < -0.4 is 5.73 Å². The highest BCUT2D eigenvalue weighted by molar-refractivity contribution is 4.94. The molecule has 104 valence electrons. The van der Waals surface area contributed by atoms with Gasteiger partial charge in [-0.1, -0.05) is 26.2 Å². The molecule has 0 radical (unpaired) electrons. The standard InChI is InChI=1S/C16H30N2/c1-12-4-2-5-13(8-12)11-18-15-6-3-7-16(18)10-14(17)9-15/h12-16H,2-11,17H2,1H3. The van der Waals surface area contributed by atoms with Gasteiger partial charge in [-0.2, -0.15) is 0 Å². The van der Waals surface area contributed by atoms with Crippen molar-refractivity contribution in [3.63, 3.8) is 0 Å². The van der Waals surface area contributed by atoms with Crippen molar-refractivity contribution in [1.29, 1.82) is 0 Å². The summed E-state index contributed by atoms with van der Waals surface area (Å²) in [6.45, 7) is 3.82. The molecule has 1 aliphatic carbocycles. The van der Waals surface area contributed by atoms with E-state index >= 15 is 0 Å². The predicted molar refractivity (Wildman–Crippen MR) is 76.5 cm³/mol. The monoisotopic (exact) mass is 250 g/mol. The lowest BCUT2D eigenvalue weighted by Crippen LogP contribution is -2.56. The highest BCUT2D eigenvalue weighted by Crippen LogP contribution is 2.36. The lowest BCUT2D eigenvalue weighted by atomic mass is 9.78. The minimum Gasteiger partial charge on any atom is -0.328 e. The van der Waals surface area contributed by atoms with E-state index in [1.807, 2.05) is 0 Å². The number of piperidine rings is 2. The topological polar surface area (TPSA) is 29.3 Å². The molecule has 4 atom stereocenters. The van der Waals surface area contributed by atoms with E-state index in [9.17, 15) is 0 Å². The van der Waals surface area contributed by atoms with Crippen molar-refractivity contribution in [2.45, 2.75) is 82.8 Å². The molecule has 2 saturated heterocycles. The zero-order valence-electron chi connectivity index (χ0n) is 12.0. The maximum atomic E-state index is 6.22. The van der Waals surface area contributed by atoms with Gasteiger partial charge >= 0.3 is 0 Å². The van der Waals surface area contributed by atoms with E-state index in [0.29, 0.717) is 6.04 Å². The maximum Gasteiger partial charge on any atom is 0.0113 e. The molecule has 3 fully saturated rings. The van der Waals surface area contributed by atoms with Crippen LogP contribution in [-0.4, -0.2) is 29.6 Å². The van der Waals surface area contributed by atoms with Crippen LogP contribution in [0, 0.1) is 11.8 Å². The minimum atomic E-state index is 0.488. The fourth-order valence-electron chi connectivity index (χ4n) is 4.84. The molecule has 3 rings (SSSR count). The van der Waals surface area contributed by atoms with Crippen LogP contribution in [0.25, 0.3) is 0 Å². The van der Waals surface area contributed by atoms with Crippen LogP contribution in [0.3, 0.4) is 0 Å². The van der Waals surface area contributed by atoms with Crippen LogP contribution in [0.5, 0.6) is 0 Å². The van der Waals surface area contributed by atoms with Gasteiger partial charge in [-0.25, -0.2) is 0 Å². The van der Waals surface area contributed by atoms with E-state index in [2.05, 4.69) is 11.8 Å². The van der Waals surface area contributed by atoms with E-state index in [-0.39, 0.29) is 0 Å². The number of fused-ring (bicyclic) bond motifs is 2. The Hall–Kier alpha value is -0.0800. The summed E-state index contributed by atoms with van der Waals surface area (Å²) in [7, 11) is 0. The number of hydrogen-bond donors (Lipinski definition) is 1. The fraction of sp³-hybridized carbons (Fsp3) is 1.00.